The Bertz CT molecular complexity index is 768. The lowest BCUT2D eigenvalue weighted by atomic mass is 10.2. The molecule has 0 fully saturated rings. The lowest BCUT2D eigenvalue weighted by Crippen LogP contribution is -2.17. The number of benzene rings is 2. The molecule has 0 bridgehead atoms. The third-order valence-corrected chi connectivity index (χ3v) is 4.15. The highest BCUT2D eigenvalue weighted by molar-refractivity contribution is 9.10. The summed E-state index contributed by atoms with van der Waals surface area (Å²) in [6, 6.07) is 16.1. The van der Waals surface area contributed by atoms with Crippen LogP contribution < -0.4 is 5.32 Å². The van der Waals surface area contributed by atoms with E-state index in [-0.39, 0.29) is 6.04 Å². The van der Waals surface area contributed by atoms with Crippen LogP contribution in [0, 0.1) is 0 Å². The molecule has 3 rings (SSSR count). The number of fused-ring (bicyclic) bond motifs is 1. The van der Waals surface area contributed by atoms with E-state index in [9.17, 15) is 0 Å². The van der Waals surface area contributed by atoms with E-state index in [1.807, 2.05) is 30.3 Å². The normalized spacial score (nSPS) is 12.7. The summed E-state index contributed by atoms with van der Waals surface area (Å²) in [5.74, 6) is 0.935. The van der Waals surface area contributed by atoms with Crippen LogP contribution in [0.4, 0.5) is 0 Å². The van der Waals surface area contributed by atoms with Crippen molar-refractivity contribution < 1.29 is 4.42 Å². The minimum atomic E-state index is 0.134. The molecule has 108 valence electrons. The van der Waals surface area contributed by atoms with E-state index in [1.165, 1.54) is 0 Å². The molecule has 0 saturated carbocycles. The largest absolute Gasteiger partial charge is 0.459 e. The van der Waals surface area contributed by atoms with Crippen LogP contribution in [0.5, 0.6) is 0 Å². The van der Waals surface area contributed by atoms with Gasteiger partial charge in [0.05, 0.1) is 6.04 Å². The van der Waals surface area contributed by atoms with Gasteiger partial charge in [-0.15, -0.1) is 0 Å². The van der Waals surface area contributed by atoms with Crippen molar-refractivity contribution in [2.45, 2.75) is 19.5 Å². The maximum Gasteiger partial charge on any atom is 0.134 e. The molecule has 1 unspecified atom stereocenters. The molecule has 2 nitrogen and oxygen atoms in total. The minimum absolute atomic E-state index is 0.134. The molecule has 0 aliphatic carbocycles. The molecular formula is C17H15BrClNO. The van der Waals surface area contributed by atoms with Gasteiger partial charge in [0.1, 0.15) is 11.3 Å². The first-order chi connectivity index (χ1) is 10.1. The summed E-state index contributed by atoms with van der Waals surface area (Å²) in [7, 11) is 0. The summed E-state index contributed by atoms with van der Waals surface area (Å²) in [5.41, 5.74) is 2.07. The molecule has 0 radical (unpaired) electrons. The van der Waals surface area contributed by atoms with Crippen molar-refractivity contribution in [3.63, 3.8) is 0 Å². The maximum atomic E-state index is 5.99. The number of nitrogens with one attached hydrogen (secondary N) is 1. The second kappa shape index (κ2) is 6.22. The topological polar surface area (TPSA) is 25.2 Å². The Morgan fingerprint density at radius 3 is 2.86 bits per heavy atom. The summed E-state index contributed by atoms with van der Waals surface area (Å²) in [6.07, 6.45) is 0. The van der Waals surface area contributed by atoms with E-state index in [1.54, 1.807) is 0 Å². The first-order valence-electron chi connectivity index (χ1n) is 6.78. The van der Waals surface area contributed by atoms with Gasteiger partial charge < -0.3 is 9.73 Å². The SMILES string of the molecule is CC(NCc1cccc(Cl)c1)c1cc2cc(Br)ccc2o1. The molecule has 0 spiro atoms. The first-order valence-corrected chi connectivity index (χ1v) is 7.96. The van der Waals surface area contributed by atoms with Crippen LogP contribution in [0.25, 0.3) is 11.0 Å². The average Bonchev–Trinajstić information content (AvgIpc) is 2.88. The lowest BCUT2D eigenvalue weighted by molar-refractivity contribution is 0.451. The first kappa shape index (κ1) is 14.6. The fraction of sp³-hybridized carbons (Fsp3) is 0.176. The molecule has 1 aromatic heterocycles. The third-order valence-electron chi connectivity index (χ3n) is 3.43. The third kappa shape index (κ3) is 3.49. The van der Waals surface area contributed by atoms with Gasteiger partial charge in [0.2, 0.25) is 0 Å². The van der Waals surface area contributed by atoms with Gasteiger partial charge in [-0.1, -0.05) is 39.7 Å². The molecule has 1 N–H and O–H groups in total. The van der Waals surface area contributed by atoms with Crippen LogP contribution >= 0.6 is 27.5 Å². The Kier molecular flexibility index (Phi) is 4.34. The van der Waals surface area contributed by atoms with Gasteiger partial charge in [0.25, 0.3) is 0 Å². The Morgan fingerprint density at radius 1 is 1.19 bits per heavy atom. The van der Waals surface area contributed by atoms with Crippen LogP contribution in [-0.4, -0.2) is 0 Å². The fourth-order valence-electron chi connectivity index (χ4n) is 2.27. The molecule has 0 aliphatic rings. The molecule has 0 aliphatic heterocycles. The van der Waals surface area contributed by atoms with Gasteiger partial charge in [0, 0.05) is 21.4 Å². The number of hydrogen-bond acceptors (Lipinski definition) is 2. The number of hydrogen-bond donors (Lipinski definition) is 1. The van der Waals surface area contributed by atoms with Crippen LogP contribution in [0.3, 0.4) is 0 Å². The average molecular weight is 365 g/mol. The van der Waals surface area contributed by atoms with Crippen molar-refractivity contribution in [1.82, 2.24) is 5.32 Å². The van der Waals surface area contributed by atoms with E-state index in [0.717, 1.165) is 38.3 Å². The fourth-order valence-corrected chi connectivity index (χ4v) is 2.86. The summed E-state index contributed by atoms with van der Waals surface area (Å²) in [4.78, 5) is 0. The van der Waals surface area contributed by atoms with Crippen LogP contribution in [-0.2, 0) is 6.54 Å². The quantitative estimate of drug-likeness (QED) is 0.642. The highest BCUT2D eigenvalue weighted by Crippen LogP contribution is 2.26. The zero-order valence-electron chi connectivity index (χ0n) is 11.6. The van der Waals surface area contributed by atoms with Gasteiger partial charge in [-0.3, -0.25) is 0 Å². The monoisotopic (exact) mass is 363 g/mol. The summed E-state index contributed by atoms with van der Waals surface area (Å²) < 4.78 is 6.94. The highest BCUT2D eigenvalue weighted by atomic mass is 79.9. The Morgan fingerprint density at radius 2 is 2.05 bits per heavy atom. The Hall–Kier alpha value is -1.29. The molecular weight excluding hydrogens is 350 g/mol. The maximum absolute atomic E-state index is 5.99. The Balaban J connectivity index is 1.73. The molecule has 0 saturated heterocycles. The molecule has 1 heterocycles. The van der Waals surface area contributed by atoms with Crippen molar-refractivity contribution in [1.29, 1.82) is 0 Å². The summed E-state index contributed by atoms with van der Waals surface area (Å²) in [6.45, 7) is 2.85. The van der Waals surface area contributed by atoms with Crippen LogP contribution in [0.2, 0.25) is 5.02 Å². The van der Waals surface area contributed by atoms with E-state index in [0.29, 0.717) is 0 Å². The van der Waals surface area contributed by atoms with E-state index in [4.69, 9.17) is 16.0 Å². The second-order valence-electron chi connectivity index (χ2n) is 5.06. The minimum Gasteiger partial charge on any atom is -0.459 e. The van der Waals surface area contributed by atoms with E-state index >= 15 is 0 Å². The number of rotatable bonds is 4. The zero-order chi connectivity index (χ0) is 14.8. The van der Waals surface area contributed by atoms with Crippen molar-refractivity contribution in [3.8, 4) is 0 Å². The van der Waals surface area contributed by atoms with Gasteiger partial charge in [-0.05, 0) is 48.9 Å². The number of furan rings is 1. The van der Waals surface area contributed by atoms with Crippen molar-refractivity contribution >= 4 is 38.5 Å². The molecule has 4 heteroatoms. The van der Waals surface area contributed by atoms with Crippen molar-refractivity contribution in [2.75, 3.05) is 0 Å². The number of halogens is 2. The second-order valence-corrected chi connectivity index (χ2v) is 6.42. The van der Waals surface area contributed by atoms with Gasteiger partial charge in [-0.2, -0.15) is 0 Å². The molecule has 21 heavy (non-hydrogen) atoms. The standard InChI is InChI=1S/C17H15BrClNO/c1-11(20-10-12-3-2-4-15(19)7-12)17-9-13-8-14(18)5-6-16(13)21-17/h2-9,11,20H,10H2,1H3. The Labute approximate surface area is 137 Å². The summed E-state index contributed by atoms with van der Waals surface area (Å²) >= 11 is 9.47. The molecule has 1 atom stereocenters. The lowest BCUT2D eigenvalue weighted by Gasteiger charge is -2.11. The van der Waals surface area contributed by atoms with Gasteiger partial charge >= 0.3 is 0 Å². The zero-order valence-corrected chi connectivity index (χ0v) is 13.9. The van der Waals surface area contributed by atoms with E-state index in [2.05, 4.69) is 46.4 Å². The molecule has 3 aromatic rings. The molecule has 2 aromatic carbocycles. The summed E-state index contributed by atoms with van der Waals surface area (Å²) in [5, 5.41) is 5.32. The van der Waals surface area contributed by atoms with Crippen LogP contribution in [0.15, 0.2) is 57.4 Å². The van der Waals surface area contributed by atoms with E-state index < -0.39 is 0 Å². The van der Waals surface area contributed by atoms with Crippen LogP contribution in [0.1, 0.15) is 24.3 Å². The predicted octanol–water partition coefficient (Wildman–Crippen LogP) is 5.70. The van der Waals surface area contributed by atoms with Gasteiger partial charge in [-0.25, -0.2) is 0 Å². The van der Waals surface area contributed by atoms with Gasteiger partial charge in [0.15, 0.2) is 0 Å². The molecule has 0 amide bonds. The van der Waals surface area contributed by atoms with Crippen molar-refractivity contribution in [3.05, 3.63) is 69.3 Å². The highest BCUT2D eigenvalue weighted by Gasteiger charge is 2.11. The van der Waals surface area contributed by atoms with Crippen molar-refractivity contribution in [2.24, 2.45) is 0 Å². The predicted molar refractivity (Wildman–Crippen MR) is 90.6 cm³/mol. The smallest absolute Gasteiger partial charge is 0.134 e.